The van der Waals surface area contributed by atoms with Crippen molar-refractivity contribution in [3.8, 4) is 22.6 Å². The number of hydrogen-bond donors (Lipinski definition) is 1. The van der Waals surface area contributed by atoms with E-state index in [1.807, 2.05) is 103 Å². The predicted octanol–water partition coefficient (Wildman–Crippen LogP) is 5.97. The molecule has 0 unspecified atom stereocenters. The Morgan fingerprint density at radius 2 is 1.50 bits per heavy atom. The summed E-state index contributed by atoms with van der Waals surface area (Å²) in [5.74, 6) is 0.536. The SMILES string of the molecule is COc1ccc(-c2c(C(=O)Nc3ccccc3)c(C)nc3c2c(C)nn3-c2ccccc2)cc1. The molecule has 5 aromatic rings. The Bertz CT molecular complexity index is 1470. The molecule has 2 aromatic heterocycles. The van der Waals surface area contributed by atoms with E-state index in [-0.39, 0.29) is 5.91 Å². The van der Waals surface area contributed by atoms with E-state index in [2.05, 4.69) is 5.32 Å². The predicted molar refractivity (Wildman–Crippen MR) is 135 cm³/mol. The number of pyridine rings is 1. The van der Waals surface area contributed by atoms with E-state index in [9.17, 15) is 4.79 Å². The standard InChI is InChI=1S/C28H24N4O2/c1-18-25(28(33)30-21-10-6-4-7-11-21)26(20-14-16-23(34-3)17-15-20)24-19(2)31-32(27(24)29-18)22-12-8-5-9-13-22/h4-17H,1-3H3,(H,30,33). The number of amides is 1. The molecule has 0 radical (unpaired) electrons. The number of benzene rings is 3. The van der Waals surface area contributed by atoms with Crippen molar-refractivity contribution in [1.29, 1.82) is 0 Å². The fourth-order valence-corrected chi connectivity index (χ4v) is 4.22. The third kappa shape index (κ3) is 3.79. The highest BCUT2D eigenvalue weighted by Crippen LogP contribution is 2.37. The number of para-hydroxylation sites is 2. The van der Waals surface area contributed by atoms with Gasteiger partial charge in [-0.3, -0.25) is 4.79 Å². The Balaban J connectivity index is 1.78. The van der Waals surface area contributed by atoms with Crippen LogP contribution in [0.15, 0.2) is 84.9 Å². The molecule has 0 aliphatic heterocycles. The number of anilines is 1. The number of rotatable bonds is 5. The van der Waals surface area contributed by atoms with Gasteiger partial charge in [0, 0.05) is 11.3 Å². The van der Waals surface area contributed by atoms with Crippen molar-refractivity contribution in [2.45, 2.75) is 13.8 Å². The number of aryl methyl sites for hydroxylation is 2. The number of carbonyl (C=O) groups is 1. The van der Waals surface area contributed by atoms with Crippen LogP contribution in [0.2, 0.25) is 0 Å². The summed E-state index contributed by atoms with van der Waals surface area (Å²) in [5.41, 5.74) is 6.00. The first-order valence-corrected chi connectivity index (χ1v) is 11.0. The molecule has 1 N–H and O–H groups in total. The number of fused-ring (bicyclic) bond motifs is 1. The Hall–Kier alpha value is -4.45. The first-order chi connectivity index (χ1) is 16.6. The fourth-order valence-electron chi connectivity index (χ4n) is 4.22. The van der Waals surface area contributed by atoms with E-state index in [0.29, 0.717) is 16.9 Å². The van der Waals surface area contributed by atoms with Crippen LogP contribution in [0.5, 0.6) is 5.75 Å². The van der Waals surface area contributed by atoms with Gasteiger partial charge in [0.1, 0.15) is 5.75 Å². The van der Waals surface area contributed by atoms with Crippen molar-refractivity contribution in [1.82, 2.24) is 14.8 Å². The lowest BCUT2D eigenvalue weighted by Crippen LogP contribution is -2.16. The largest absolute Gasteiger partial charge is 0.497 e. The number of methoxy groups -OCH3 is 1. The van der Waals surface area contributed by atoms with Crippen molar-refractivity contribution in [2.75, 3.05) is 12.4 Å². The molecule has 1 amide bonds. The van der Waals surface area contributed by atoms with Crippen LogP contribution in [-0.4, -0.2) is 27.8 Å². The van der Waals surface area contributed by atoms with Crippen molar-refractivity contribution in [2.24, 2.45) is 0 Å². The van der Waals surface area contributed by atoms with Crippen LogP contribution in [0, 0.1) is 13.8 Å². The van der Waals surface area contributed by atoms with E-state index in [1.54, 1.807) is 7.11 Å². The first kappa shape index (κ1) is 21.4. The van der Waals surface area contributed by atoms with Gasteiger partial charge in [0.2, 0.25) is 0 Å². The highest BCUT2D eigenvalue weighted by molar-refractivity contribution is 6.14. The second-order valence-electron chi connectivity index (χ2n) is 8.03. The summed E-state index contributed by atoms with van der Waals surface area (Å²) in [7, 11) is 1.64. The third-order valence-electron chi connectivity index (χ3n) is 5.81. The van der Waals surface area contributed by atoms with Gasteiger partial charge in [-0.2, -0.15) is 5.10 Å². The average Bonchev–Trinajstić information content (AvgIpc) is 3.20. The minimum atomic E-state index is -0.212. The summed E-state index contributed by atoms with van der Waals surface area (Å²) in [6.45, 7) is 3.81. The fraction of sp³-hybridized carbons (Fsp3) is 0.107. The molecule has 0 fully saturated rings. The smallest absolute Gasteiger partial charge is 0.258 e. The molecule has 0 saturated heterocycles. The Morgan fingerprint density at radius 3 is 2.15 bits per heavy atom. The van der Waals surface area contributed by atoms with Crippen LogP contribution in [0.3, 0.4) is 0 Å². The Kier molecular flexibility index (Phi) is 5.55. The van der Waals surface area contributed by atoms with Crippen LogP contribution in [0.1, 0.15) is 21.7 Å². The summed E-state index contributed by atoms with van der Waals surface area (Å²) in [4.78, 5) is 18.5. The van der Waals surface area contributed by atoms with Gasteiger partial charge in [0.15, 0.2) is 5.65 Å². The van der Waals surface area contributed by atoms with Crippen LogP contribution in [0.4, 0.5) is 5.69 Å². The number of nitrogens with one attached hydrogen (secondary N) is 1. The van der Waals surface area contributed by atoms with Crippen molar-refractivity contribution in [3.63, 3.8) is 0 Å². The minimum absolute atomic E-state index is 0.212. The van der Waals surface area contributed by atoms with Gasteiger partial charge in [0.05, 0.1) is 35.1 Å². The maximum absolute atomic E-state index is 13.6. The zero-order valence-electron chi connectivity index (χ0n) is 19.2. The maximum atomic E-state index is 13.6. The maximum Gasteiger partial charge on any atom is 0.258 e. The van der Waals surface area contributed by atoms with Gasteiger partial charge in [-0.25, -0.2) is 9.67 Å². The number of nitrogens with zero attached hydrogens (tertiary/aromatic N) is 3. The average molecular weight is 449 g/mol. The molecule has 0 spiro atoms. The summed E-state index contributed by atoms with van der Waals surface area (Å²) in [5, 5.41) is 8.67. The lowest BCUT2D eigenvalue weighted by molar-refractivity contribution is 0.102. The monoisotopic (exact) mass is 448 g/mol. The minimum Gasteiger partial charge on any atom is -0.497 e. The van der Waals surface area contributed by atoms with Gasteiger partial charge < -0.3 is 10.1 Å². The van der Waals surface area contributed by atoms with E-state index >= 15 is 0 Å². The van der Waals surface area contributed by atoms with Gasteiger partial charge in [-0.05, 0) is 55.8 Å². The lowest BCUT2D eigenvalue weighted by Gasteiger charge is -2.15. The summed E-state index contributed by atoms with van der Waals surface area (Å²) >= 11 is 0. The first-order valence-electron chi connectivity index (χ1n) is 11.0. The normalized spacial score (nSPS) is 10.9. The van der Waals surface area contributed by atoms with E-state index in [1.165, 1.54) is 0 Å². The topological polar surface area (TPSA) is 69.0 Å². The van der Waals surface area contributed by atoms with Crippen molar-refractivity contribution in [3.05, 3.63) is 102 Å². The second kappa shape index (κ2) is 8.83. The van der Waals surface area contributed by atoms with Gasteiger partial charge in [-0.1, -0.05) is 48.5 Å². The van der Waals surface area contributed by atoms with E-state index < -0.39 is 0 Å². The Morgan fingerprint density at radius 1 is 0.853 bits per heavy atom. The molecule has 34 heavy (non-hydrogen) atoms. The molecular weight excluding hydrogens is 424 g/mol. The highest BCUT2D eigenvalue weighted by Gasteiger charge is 2.25. The van der Waals surface area contributed by atoms with Crippen molar-refractivity contribution >= 4 is 22.6 Å². The molecule has 3 aromatic carbocycles. The molecule has 168 valence electrons. The van der Waals surface area contributed by atoms with Crippen LogP contribution in [-0.2, 0) is 0 Å². The summed E-state index contributed by atoms with van der Waals surface area (Å²) in [6, 6.07) is 27.0. The zero-order chi connectivity index (χ0) is 23.7. The van der Waals surface area contributed by atoms with Crippen LogP contribution in [0.25, 0.3) is 27.8 Å². The zero-order valence-corrected chi connectivity index (χ0v) is 19.2. The number of carbonyl (C=O) groups excluding carboxylic acids is 1. The Labute approximate surface area is 197 Å². The summed E-state index contributed by atoms with van der Waals surface area (Å²) in [6.07, 6.45) is 0. The van der Waals surface area contributed by atoms with Gasteiger partial charge in [0.25, 0.3) is 5.91 Å². The van der Waals surface area contributed by atoms with E-state index in [4.69, 9.17) is 14.8 Å². The molecule has 0 aliphatic carbocycles. The molecule has 6 heteroatoms. The van der Waals surface area contributed by atoms with Crippen LogP contribution < -0.4 is 10.1 Å². The van der Waals surface area contributed by atoms with Gasteiger partial charge >= 0.3 is 0 Å². The number of ether oxygens (including phenoxy) is 1. The molecular formula is C28H24N4O2. The quantitative estimate of drug-likeness (QED) is 0.360. The third-order valence-corrected chi connectivity index (χ3v) is 5.81. The van der Waals surface area contributed by atoms with Crippen LogP contribution >= 0.6 is 0 Å². The number of hydrogen-bond acceptors (Lipinski definition) is 4. The molecule has 0 aliphatic rings. The molecule has 0 saturated carbocycles. The molecule has 5 rings (SSSR count). The second-order valence-corrected chi connectivity index (χ2v) is 8.03. The highest BCUT2D eigenvalue weighted by atomic mass is 16.5. The lowest BCUT2D eigenvalue weighted by atomic mass is 9.94. The molecule has 0 atom stereocenters. The van der Waals surface area contributed by atoms with Gasteiger partial charge in [-0.15, -0.1) is 0 Å². The summed E-state index contributed by atoms with van der Waals surface area (Å²) < 4.78 is 7.19. The van der Waals surface area contributed by atoms with E-state index in [0.717, 1.165) is 39.3 Å². The number of aromatic nitrogens is 3. The molecule has 0 bridgehead atoms. The molecule has 6 nitrogen and oxygen atoms in total. The molecule has 2 heterocycles. The van der Waals surface area contributed by atoms with Crippen molar-refractivity contribution < 1.29 is 9.53 Å².